The van der Waals surface area contributed by atoms with Gasteiger partial charge in [0.1, 0.15) is 88.3 Å². The molecule has 0 saturated heterocycles. The summed E-state index contributed by atoms with van der Waals surface area (Å²) in [5.74, 6) is -7.23. The number of aliphatic hydroxyl groups is 1. The van der Waals surface area contributed by atoms with Gasteiger partial charge in [0.15, 0.2) is 0 Å². The van der Waals surface area contributed by atoms with Crippen LogP contribution in [0.3, 0.4) is 0 Å². The highest BCUT2D eigenvalue weighted by atomic mass is 32.1. The highest BCUT2D eigenvalue weighted by molar-refractivity contribution is 7.15. The molecule has 28 nitrogen and oxygen atoms in total. The highest BCUT2D eigenvalue weighted by Gasteiger charge is 2.35. The van der Waals surface area contributed by atoms with Gasteiger partial charge >= 0.3 is 24.0 Å². The van der Waals surface area contributed by atoms with Crippen molar-refractivity contribution in [2.24, 2.45) is 17.8 Å². The van der Waals surface area contributed by atoms with Crippen molar-refractivity contribution in [1.29, 1.82) is 0 Å². The van der Waals surface area contributed by atoms with Crippen LogP contribution in [0, 0.1) is 24.7 Å². The van der Waals surface area contributed by atoms with Crippen LogP contribution in [0.5, 0.6) is 0 Å². The molecule has 1 aliphatic carbocycles. The number of benzene rings is 1. The van der Waals surface area contributed by atoms with Crippen molar-refractivity contribution < 1.29 is 73.1 Å². The van der Waals surface area contributed by atoms with Gasteiger partial charge in [0.05, 0.1) is 54.1 Å². The van der Waals surface area contributed by atoms with Crippen molar-refractivity contribution >= 4 is 127 Å². The summed E-state index contributed by atoms with van der Waals surface area (Å²) in [5, 5.41) is 63.8. The number of nitrogens with zero attached hydrogens (tertiary/aromatic N) is 8. The van der Waals surface area contributed by atoms with Crippen LogP contribution in [-0.2, 0) is 40.1 Å². The van der Waals surface area contributed by atoms with Gasteiger partial charge in [0.2, 0.25) is 11.8 Å². The number of ether oxygens (including phenoxy) is 2. The summed E-state index contributed by atoms with van der Waals surface area (Å²) in [6.07, 6.45) is 1.62. The molecule has 1 aromatic carbocycles. The van der Waals surface area contributed by atoms with Crippen LogP contribution in [0.4, 0.5) is 10.6 Å². The molecular weight excluding hydrogens is 1420 g/mol. The maximum Gasteiger partial charge on any atom is 0.415 e. The molecule has 8 heterocycles. The van der Waals surface area contributed by atoms with Gasteiger partial charge in [0.25, 0.3) is 17.7 Å². The van der Waals surface area contributed by atoms with Crippen LogP contribution < -0.4 is 31.5 Å². The lowest BCUT2D eigenvalue weighted by molar-refractivity contribution is -0.144. The van der Waals surface area contributed by atoms with E-state index in [2.05, 4.69) is 26.6 Å². The summed E-state index contributed by atoms with van der Waals surface area (Å²) < 4.78 is 11.5. The van der Waals surface area contributed by atoms with E-state index < -0.39 is 102 Å². The maximum atomic E-state index is 14.5. The van der Waals surface area contributed by atoms with E-state index in [1.165, 1.54) is 41.7 Å². The van der Waals surface area contributed by atoms with Crippen molar-refractivity contribution in [2.45, 2.75) is 141 Å². The van der Waals surface area contributed by atoms with Gasteiger partial charge in [-0.3, -0.25) is 43.3 Å². The Hall–Kier alpha value is -8.90. The van der Waals surface area contributed by atoms with Gasteiger partial charge in [-0.05, 0) is 81.9 Å². The summed E-state index contributed by atoms with van der Waals surface area (Å²) >= 11 is 6.94. The lowest BCUT2D eigenvalue weighted by Gasteiger charge is -2.28. The topological polar surface area (TPSA) is 407 Å². The molecule has 7 aromatic heterocycles. The third-order valence-corrected chi connectivity index (χ3v) is 22.7. The van der Waals surface area contributed by atoms with E-state index in [4.69, 9.17) is 49.5 Å². The maximum absolute atomic E-state index is 14.5. The van der Waals surface area contributed by atoms with Gasteiger partial charge in [-0.15, -0.1) is 68.0 Å². The van der Waals surface area contributed by atoms with E-state index in [-0.39, 0.29) is 78.4 Å². The monoisotopic (exact) mass is 1490 g/mol. The molecule has 5 atom stereocenters. The largest absolute Gasteiger partial charge is 0.481 e. The standard InChI is InChI=1S/C67H75N13O15S6/c1-33(2)50-64-79-53(45(101-64)28-94-5)57(87)69-27-48(82)76-54(55(85)35-14-10-8-11-15-35)63-74-44(31-98-63)61-72-42(29-97-61)52-39(59-73-43(30-96-59)56(86)71-41(26-47(81)68-4)62-78-51(34(3)100-62)58(88)77-50)23-24-40(70-52)60-75-46(32-99-60)80(67(93)95-38-21-19-37(20-22-38)66(91)92)25-13-17-36(65(89)90)16-9-6-7-12-18-49(83)84/h8,10-11,14-15,23-24,29-33,36-38,41,50,54-55,85H,6-7,9,12-13,16-22,25-28H2,1-5H3,(H,68,81)(H,69,87)(H,71,86)(H,76,82)(H,77,88)(H,83,84)(H,89,90)(H,91,92)/t36?,37-,38-,41-,50?,54-,55-/m0/s1. The Bertz CT molecular complexity index is 4290. The van der Waals surface area contributed by atoms with Crippen LogP contribution in [-0.4, -0.2) is 142 Å². The number of unbranched alkanes of at least 4 members (excludes halogenated alkanes) is 3. The lowest BCUT2D eigenvalue weighted by atomic mass is 9.87. The summed E-state index contributed by atoms with van der Waals surface area (Å²) in [6.45, 7) is 4.87. The van der Waals surface area contributed by atoms with Crippen LogP contribution in [0.15, 0.2) is 64.0 Å². The number of rotatable bonds is 23. The molecule has 0 spiro atoms. The zero-order valence-electron chi connectivity index (χ0n) is 55.6. The Balaban J connectivity index is 1.01. The molecule has 8 aromatic rings. The molecule has 1 aliphatic heterocycles. The molecule has 9 N–H and O–H groups in total. The minimum absolute atomic E-state index is 0.0147. The number of hydrogen-bond donors (Lipinski definition) is 9. The Labute approximate surface area is 603 Å². The van der Waals surface area contributed by atoms with Crippen LogP contribution >= 0.6 is 68.0 Å². The van der Waals surface area contributed by atoms with Crippen molar-refractivity contribution in [1.82, 2.24) is 61.5 Å². The minimum atomic E-state index is -1.32. The van der Waals surface area contributed by atoms with Gasteiger partial charge in [0, 0.05) is 59.1 Å². The molecule has 101 heavy (non-hydrogen) atoms. The first-order valence-electron chi connectivity index (χ1n) is 32.6. The van der Waals surface area contributed by atoms with E-state index in [1.807, 2.05) is 13.8 Å². The zero-order valence-corrected chi connectivity index (χ0v) is 60.5. The molecule has 0 radical (unpaired) electrons. The van der Waals surface area contributed by atoms with Crippen LogP contribution in [0.2, 0.25) is 0 Å². The normalized spacial score (nSPS) is 18.1. The first-order valence-corrected chi connectivity index (χ1v) is 37.8. The van der Waals surface area contributed by atoms with E-state index in [0.717, 1.165) is 45.3 Å². The number of aliphatic carboxylic acids is 3. The Kier molecular flexibility index (Phi) is 25.7. The third kappa shape index (κ3) is 19.0. The number of aliphatic hydroxyl groups excluding tert-OH is 1. The fourth-order valence-electron chi connectivity index (χ4n) is 11.5. The first-order chi connectivity index (χ1) is 48.5. The average Bonchev–Trinajstić information content (AvgIpc) is 1.70. The number of carboxylic acids is 3. The van der Waals surface area contributed by atoms with Gasteiger partial charge in [-0.2, -0.15) is 0 Å². The molecule has 1 saturated carbocycles. The number of fused-ring (bicyclic) bond motifs is 14. The van der Waals surface area contributed by atoms with Gasteiger partial charge in [-0.1, -0.05) is 63.4 Å². The van der Waals surface area contributed by atoms with E-state index >= 15 is 0 Å². The number of carbonyl (C=O) groups excluding carboxylic acids is 6. The van der Waals surface area contributed by atoms with Gasteiger partial charge < -0.3 is 56.5 Å². The average molecular weight is 1490 g/mol. The predicted octanol–water partition coefficient (Wildman–Crippen LogP) is 10.8. The van der Waals surface area contributed by atoms with Crippen molar-refractivity contribution in [3.05, 3.63) is 111 Å². The number of thiazole rings is 6. The number of pyridine rings is 1. The fourth-order valence-corrected chi connectivity index (χ4v) is 17.1. The number of hydrogen-bond acceptors (Lipinski definition) is 25. The summed E-state index contributed by atoms with van der Waals surface area (Å²) in [5.41, 5.74) is 2.22. The molecule has 34 heteroatoms. The third-order valence-electron chi connectivity index (χ3n) is 17.0. The van der Waals surface area contributed by atoms with E-state index in [1.54, 1.807) is 70.9 Å². The SMILES string of the molecule is CNC(=O)C[C@@H]1NC(=O)c2csc(n2)-c2ccc(-c3nc(N(CCCC(CCCCCCC(=O)O)C(=O)O)C(=O)O[C@H]4CC[C@H](C(=O)O)CC4)cs3)nc2-c2csc(n2)-c2csc(n2)[C@H]([C@@H](O)c2ccccc2)NC(=O)CNC(=O)c2nc(sc2COC)C(C(C)C)NC(=O)c2nc1sc2C. The van der Waals surface area contributed by atoms with Crippen molar-refractivity contribution in [3.63, 3.8) is 0 Å². The summed E-state index contributed by atoms with van der Waals surface area (Å²) in [4.78, 5) is 156. The number of carbonyl (C=O) groups is 9. The van der Waals surface area contributed by atoms with Gasteiger partial charge in [-0.25, -0.2) is 39.7 Å². The zero-order chi connectivity index (χ0) is 72.0. The summed E-state index contributed by atoms with van der Waals surface area (Å²) in [6, 6.07) is 9.19. The van der Waals surface area contributed by atoms with E-state index in [0.29, 0.717) is 121 Å². The Morgan fingerprint density at radius 2 is 1.36 bits per heavy atom. The quantitative estimate of drug-likeness (QED) is 0.0269. The fraction of sp³-hybridized carbons (Fsp3) is 0.433. The smallest absolute Gasteiger partial charge is 0.415 e. The lowest BCUT2D eigenvalue weighted by Crippen LogP contribution is -2.40. The molecule has 534 valence electrons. The van der Waals surface area contributed by atoms with E-state index in [9.17, 15) is 58.5 Å². The number of methoxy groups -OCH3 is 1. The van der Waals surface area contributed by atoms with Crippen LogP contribution in [0.1, 0.15) is 183 Å². The molecule has 2 aliphatic rings. The molecule has 10 rings (SSSR count). The molecule has 1 fully saturated rings. The number of nitrogens with one attached hydrogen (secondary N) is 5. The first kappa shape index (κ1) is 74.8. The number of carboxylic acid groups (broad SMARTS) is 3. The predicted molar refractivity (Wildman–Crippen MR) is 380 cm³/mol. The second kappa shape index (κ2) is 34.6. The number of aromatic nitrogens is 7. The second-order valence-corrected chi connectivity index (χ2v) is 30.3. The molecule has 6 amide bonds. The molecular formula is C67H75N13O15S6. The minimum Gasteiger partial charge on any atom is -0.481 e. The highest BCUT2D eigenvalue weighted by Crippen LogP contribution is 2.41. The Morgan fingerprint density at radius 3 is 2.08 bits per heavy atom. The molecule has 2 unspecified atom stereocenters. The van der Waals surface area contributed by atoms with Crippen LogP contribution in [0.25, 0.3) is 43.4 Å². The molecule has 10 bridgehead atoms. The Morgan fingerprint density at radius 1 is 0.663 bits per heavy atom. The number of aryl methyl sites for hydroxylation is 1. The second-order valence-electron chi connectivity index (χ2n) is 24.5. The van der Waals surface area contributed by atoms with Crippen molar-refractivity contribution in [2.75, 3.05) is 32.1 Å². The number of anilines is 1. The van der Waals surface area contributed by atoms with Crippen molar-refractivity contribution in [3.8, 4) is 43.4 Å². The number of amides is 6. The summed E-state index contributed by atoms with van der Waals surface area (Å²) in [7, 11) is 2.91.